The van der Waals surface area contributed by atoms with Gasteiger partial charge in [-0.2, -0.15) is 0 Å². The number of aliphatic hydroxyl groups is 2. The molecule has 12 heteroatoms. The molecule has 7 atom stereocenters. The van der Waals surface area contributed by atoms with Crippen LogP contribution in [0.4, 0.5) is 0 Å². The van der Waals surface area contributed by atoms with Gasteiger partial charge in [0.2, 0.25) is 11.8 Å². The van der Waals surface area contributed by atoms with Crippen molar-refractivity contribution in [2.24, 2.45) is 40.1 Å². The van der Waals surface area contributed by atoms with Crippen molar-refractivity contribution in [1.82, 2.24) is 9.97 Å². The second-order valence-corrected chi connectivity index (χ2v) is 16.4. The van der Waals surface area contributed by atoms with E-state index in [1.54, 1.807) is 36.5 Å². The van der Waals surface area contributed by atoms with Crippen LogP contribution in [-0.4, -0.2) is 69.6 Å². The van der Waals surface area contributed by atoms with Gasteiger partial charge < -0.3 is 40.0 Å². The van der Waals surface area contributed by atoms with Gasteiger partial charge in [-0.3, -0.25) is 0 Å². The van der Waals surface area contributed by atoms with E-state index in [4.69, 9.17) is 29.8 Å². The number of carbonyl (C=O) groups excluding carboxylic acids is 2. The highest BCUT2D eigenvalue weighted by atomic mass is 16.6. The van der Waals surface area contributed by atoms with Crippen LogP contribution < -0.4 is 11.5 Å². The lowest BCUT2D eigenvalue weighted by Gasteiger charge is -2.36. The molecule has 2 aromatic rings. The molecule has 5 rings (SSSR count). The van der Waals surface area contributed by atoms with Crippen LogP contribution in [0, 0.1) is 28.6 Å². The fraction of sp³-hybridized carbons (Fsp3) is 0.447. The first-order valence-electron chi connectivity index (χ1n) is 20.4. The van der Waals surface area contributed by atoms with Crippen LogP contribution in [0.25, 0.3) is 12.2 Å². The standard InChI is InChI=1S/C47H60N4O8/c1-31-34-18-7-9-25-43-51-36(30-57-43)44(54)58-40(46(2,3)38(52)20-10-12-26-48)22-14-17-33-28-32(33)16-6-8-24-42-50-37(29-56-42)45(55)59-41(23-15-19-35(31)34)47(4,5)39(53)21-11-13-27-49/h6-11,14-21,24-25,29-30,32-34,38-41,52-53H,12-13,22-23,26-28,48-49H2,1-5H3/b16-6+,17-14-,18-7+,19-15-,20-10+,21-11+,24-8-,25-9-/t32-,33+,34-,38+,39+,40+,41+/m1/s1. The number of rotatable bonds is 10. The highest BCUT2D eigenvalue weighted by Gasteiger charge is 2.40. The lowest BCUT2D eigenvalue weighted by molar-refractivity contribution is -0.0462. The Balaban J connectivity index is 1.37. The van der Waals surface area contributed by atoms with E-state index < -0.39 is 47.2 Å². The van der Waals surface area contributed by atoms with Crippen molar-refractivity contribution >= 4 is 24.1 Å². The Morgan fingerprint density at radius 1 is 0.729 bits per heavy atom. The van der Waals surface area contributed by atoms with Crippen molar-refractivity contribution < 1.29 is 38.1 Å². The van der Waals surface area contributed by atoms with E-state index in [0.717, 1.165) is 12.0 Å². The molecular weight excluding hydrogens is 749 g/mol. The molecule has 0 spiro atoms. The molecule has 0 radical (unpaired) electrons. The molecule has 1 aliphatic heterocycles. The van der Waals surface area contributed by atoms with Crippen molar-refractivity contribution in [3.8, 4) is 0 Å². The van der Waals surface area contributed by atoms with Crippen LogP contribution in [0.2, 0.25) is 0 Å². The number of hydrogen-bond donors (Lipinski definition) is 4. The molecule has 3 aliphatic rings. The van der Waals surface area contributed by atoms with Gasteiger partial charge in [0.05, 0.1) is 12.2 Å². The average Bonchev–Trinajstić information content (AvgIpc) is 3.88. The minimum Gasteiger partial charge on any atom is -0.457 e. The predicted octanol–water partition coefficient (Wildman–Crippen LogP) is 7.63. The van der Waals surface area contributed by atoms with Crippen molar-refractivity contribution in [2.45, 2.75) is 91.1 Å². The number of fused-ring (bicyclic) bond motifs is 6. The zero-order valence-electron chi connectivity index (χ0n) is 34.8. The lowest BCUT2D eigenvalue weighted by atomic mass is 9.78. The van der Waals surface area contributed by atoms with E-state index in [1.807, 2.05) is 76.3 Å². The number of nitrogens with two attached hydrogens (primary N) is 2. The first-order chi connectivity index (χ1) is 28.3. The minimum absolute atomic E-state index is 0.0323. The van der Waals surface area contributed by atoms with Crippen LogP contribution in [0.3, 0.4) is 0 Å². The zero-order chi connectivity index (χ0) is 42.6. The Bertz CT molecular complexity index is 2020. The van der Waals surface area contributed by atoms with Crippen LogP contribution in [-0.2, 0) is 9.47 Å². The van der Waals surface area contributed by atoms with Crippen molar-refractivity contribution in [1.29, 1.82) is 0 Å². The molecule has 0 aromatic carbocycles. The topological polar surface area (TPSA) is 197 Å². The molecule has 3 heterocycles. The molecule has 0 unspecified atom stereocenters. The summed E-state index contributed by atoms with van der Waals surface area (Å²) in [6, 6.07) is 0. The third-order valence-corrected chi connectivity index (χ3v) is 11.3. The van der Waals surface area contributed by atoms with Crippen LogP contribution in [0.5, 0.6) is 0 Å². The normalized spacial score (nSPS) is 27.8. The second-order valence-electron chi connectivity index (χ2n) is 16.4. The molecule has 6 N–H and O–H groups in total. The molecule has 4 bridgehead atoms. The molecule has 1 fully saturated rings. The number of ether oxygens (including phenoxy) is 2. The Morgan fingerprint density at radius 2 is 1.22 bits per heavy atom. The second kappa shape index (κ2) is 20.7. The maximum atomic E-state index is 13.4. The van der Waals surface area contributed by atoms with Gasteiger partial charge in [0.1, 0.15) is 24.7 Å². The molecule has 2 aromatic heterocycles. The number of aromatic nitrogens is 2. The van der Waals surface area contributed by atoms with Gasteiger partial charge in [0.25, 0.3) is 0 Å². The lowest BCUT2D eigenvalue weighted by Crippen LogP contribution is -2.42. The van der Waals surface area contributed by atoms with Gasteiger partial charge in [-0.15, -0.1) is 0 Å². The molecule has 12 nitrogen and oxygen atoms in total. The summed E-state index contributed by atoms with van der Waals surface area (Å²) in [5.41, 5.74) is 12.0. The van der Waals surface area contributed by atoms with E-state index >= 15 is 0 Å². The van der Waals surface area contributed by atoms with Crippen LogP contribution >= 0.6 is 0 Å². The molecule has 1 saturated carbocycles. The van der Waals surface area contributed by atoms with Gasteiger partial charge in [0.15, 0.2) is 11.4 Å². The molecule has 59 heavy (non-hydrogen) atoms. The largest absolute Gasteiger partial charge is 0.457 e. The summed E-state index contributed by atoms with van der Waals surface area (Å²) in [4.78, 5) is 35.5. The number of cyclic esters (lactones) is 2. The van der Waals surface area contributed by atoms with E-state index in [0.29, 0.717) is 50.6 Å². The highest BCUT2D eigenvalue weighted by Crippen LogP contribution is 2.42. The number of hydrogen-bond acceptors (Lipinski definition) is 12. The highest BCUT2D eigenvalue weighted by molar-refractivity contribution is 5.87. The number of carbonyl (C=O) groups is 2. The Hall–Kier alpha value is -5.14. The summed E-state index contributed by atoms with van der Waals surface area (Å²) >= 11 is 0. The van der Waals surface area contributed by atoms with Gasteiger partial charge in [-0.05, 0) is 56.7 Å². The number of esters is 2. The first-order valence-corrected chi connectivity index (χ1v) is 20.4. The third-order valence-electron chi connectivity index (χ3n) is 11.3. The van der Waals surface area contributed by atoms with Crippen molar-refractivity contribution in [3.63, 3.8) is 0 Å². The molecule has 0 amide bonds. The molecule has 0 saturated heterocycles. The number of aliphatic hydroxyl groups excluding tert-OH is 2. The predicted molar refractivity (Wildman–Crippen MR) is 228 cm³/mol. The van der Waals surface area contributed by atoms with E-state index in [1.165, 1.54) is 18.1 Å². The Labute approximate surface area is 347 Å². The number of oxazole rings is 2. The Morgan fingerprint density at radius 3 is 1.75 bits per heavy atom. The number of nitrogens with zero attached hydrogens (tertiary/aromatic N) is 2. The van der Waals surface area contributed by atoms with E-state index in [-0.39, 0.29) is 29.1 Å². The van der Waals surface area contributed by atoms with Gasteiger partial charge in [-0.25, -0.2) is 19.6 Å². The van der Waals surface area contributed by atoms with Gasteiger partial charge in [-0.1, -0.05) is 118 Å². The number of allylic oxidation sites excluding steroid dienone is 10. The van der Waals surface area contributed by atoms with E-state index in [2.05, 4.69) is 29.0 Å². The third kappa shape index (κ3) is 12.4. The fourth-order valence-electron chi connectivity index (χ4n) is 6.71. The minimum atomic E-state index is -0.903. The summed E-state index contributed by atoms with van der Waals surface area (Å²) in [5.74, 6) is -0.0309. The summed E-state index contributed by atoms with van der Waals surface area (Å²) in [6.45, 7) is 10.4. The summed E-state index contributed by atoms with van der Waals surface area (Å²) < 4.78 is 23.2. The average molecular weight is 809 g/mol. The summed E-state index contributed by atoms with van der Waals surface area (Å²) in [7, 11) is 0. The fourth-order valence-corrected chi connectivity index (χ4v) is 6.71. The van der Waals surface area contributed by atoms with Crippen molar-refractivity contribution in [3.05, 3.63) is 132 Å². The van der Waals surface area contributed by atoms with Gasteiger partial charge >= 0.3 is 11.9 Å². The smallest absolute Gasteiger partial charge is 0.360 e. The monoisotopic (exact) mass is 808 g/mol. The zero-order valence-corrected chi connectivity index (χ0v) is 34.8. The van der Waals surface area contributed by atoms with Crippen molar-refractivity contribution in [2.75, 3.05) is 13.1 Å². The molecular formula is C47H60N4O8. The molecule has 316 valence electrons. The Kier molecular flexibility index (Phi) is 15.8. The quantitative estimate of drug-likeness (QED) is 0.136. The molecule has 2 aliphatic carbocycles. The summed E-state index contributed by atoms with van der Waals surface area (Å²) in [6.07, 6.45) is 32.3. The maximum absolute atomic E-state index is 13.4. The van der Waals surface area contributed by atoms with Crippen LogP contribution in [0.1, 0.15) is 99.5 Å². The van der Waals surface area contributed by atoms with E-state index in [9.17, 15) is 19.8 Å². The van der Waals surface area contributed by atoms with Gasteiger partial charge in [0, 0.05) is 41.7 Å². The van der Waals surface area contributed by atoms with Crippen LogP contribution in [0.15, 0.2) is 118 Å². The first kappa shape index (κ1) is 45.0. The summed E-state index contributed by atoms with van der Waals surface area (Å²) in [5, 5.41) is 22.3. The SMILES string of the molecule is CC1=C2/C=C\C[C@@H](C(C)(C)[C@@H](O)/C=C/CCN)OC(=O)c3coc(n3)/C=C\C=C\[C@@H]3C[C@@H]3/C=C\C[C@@H](C(C)(C)[C@@H](O)/C=C/CCN)OC(=O)c3coc(n3)/C=C\C=C\[C@H]12. The maximum Gasteiger partial charge on any atom is 0.360 e.